The van der Waals surface area contributed by atoms with Crippen molar-refractivity contribution in [1.29, 1.82) is 0 Å². The van der Waals surface area contributed by atoms with Crippen LogP contribution in [0.4, 0.5) is 13.2 Å². The molecule has 0 heterocycles. The number of halogens is 3. The molecule has 0 bridgehead atoms. The lowest BCUT2D eigenvalue weighted by molar-refractivity contribution is -0.192. The number of carbonyl (C=O) groups excluding carboxylic acids is 1. The van der Waals surface area contributed by atoms with E-state index >= 15 is 0 Å². The molecule has 4 nitrogen and oxygen atoms in total. The van der Waals surface area contributed by atoms with Crippen LogP contribution in [-0.4, -0.2) is 36.7 Å². The van der Waals surface area contributed by atoms with E-state index in [1.165, 1.54) is 11.8 Å². The molecule has 0 radical (unpaired) electrons. The molecule has 0 unspecified atom stereocenters. The van der Waals surface area contributed by atoms with E-state index < -0.39 is 24.7 Å². The van der Waals surface area contributed by atoms with E-state index in [0.717, 1.165) is 0 Å². The average Bonchev–Trinajstić information content (AvgIpc) is 2.11. The Hall–Kier alpha value is -0.470. The van der Waals surface area contributed by atoms with Crippen LogP contribution in [0.3, 0.4) is 0 Å². The van der Waals surface area contributed by atoms with Crippen molar-refractivity contribution in [2.45, 2.75) is 18.6 Å². The normalized spacial score (nSPS) is 13.7. The van der Waals surface area contributed by atoms with Gasteiger partial charge in [0.25, 0.3) is 5.91 Å². The highest BCUT2D eigenvalue weighted by Gasteiger charge is 2.28. The fourth-order valence-corrected chi connectivity index (χ4v) is 1.13. The molecule has 0 saturated carbocycles. The van der Waals surface area contributed by atoms with E-state index in [4.69, 9.17) is 5.73 Å². The molecule has 0 spiro atoms. The zero-order chi connectivity index (χ0) is 11.9. The lowest BCUT2D eigenvalue weighted by atomic mass is 10.2. The molecule has 3 N–H and O–H groups in total. The number of alkyl halides is 3. The van der Waals surface area contributed by atoms with Crippen molar-refractivity contribution in [3.05, 3.63) is 0 Å². The maximum absolute atomic E-state index is 11.6. The SMILES string of the molecule is CSCC[C@H](N)C(=O)NOCC(F)(F)F. The Balaban J connectivity index is 3.64. The summed E-state index contributed by atoms with van der Waals surface area (Å²) in [5, 5.41) is 0. The summed E-state index contributed by atoms with van der Waals surface area (Å²) in [6.45, 7) is -1.52. The zero-order valence-electron chi connectivity index (χ0n) is 8.13. The van der Waals surface area contributed by atoms with E-state index in [9.17, 15) is 18.0 Å². The Morgan fingerprint density at radius 1 is 1.60 bits per heavy atom. The summed E-state index contributed by atoms with van der Waals surface area (Å²) in [6, 6.07) is -0.842. The monoisotopic (exact) mass is 246 g/mol. The first-order valence-corrected chi connectivity index (χ1v) is 5.49. The number of carbonyl (C=O) groups is 1. The number of hydrogen-bond acceptors (Lipinski definition) is 4. The molecule has 0 aliphatic rings. The summed E-state index contributed by atoms with van der Waals surface area (Å²) < 4.78 is 34.8. The molecule has 1 atom stereocenters. The van der Waals surface area contributed by atoms with E-state index in [-0.39, 0.29) is 0 Å². The Kier molecular flexibility index (Phi) is 6.70. The molecule has 90 valence electrons. The predicted octanol–water partition coefficient (Wildman–Crippen LogP) is 0.677. The summed E-state index contributed by atoms with van der Waals surface area (Å²) in [7, 11) is 0. The lowest BCUT2D eigenvalue weighted by Crippen LogP contribution is -2.42. The number of thioether (sulfide) groups is 1. The predicted molar refractivity (Wildman–Crippen MR) is 51.1 cm³/mol. The second kappa shape index (κ2) is 6.91. The van der Waals surface area contributed by atoms with Crippen LogP contribution < -0.4 is 11.2 Å². The van der Waals surface area contributed by atoms with Gasteiger partial charge in [-0.25, -0.2) is 5.48 Å². The van der Waals surface area contributed by atoms with Gasteiger partial charge >= 0.3 is 6.18 Å². The van der Waals surface area contributed by atoms with E-state index in [2.05, 4.69) is 4.84 Å². The minimum atomic E-state index is -4.46. The first-order valence-electron chi connectivity index (χ1n) is 4.09. The van der Waals surface area contributed by atoms with Crippen molar-refractivity contribution in [3.63, 3.8) is 0 Å². The van der Waals surface area contributed by atoms with Crippen LogP contribution in [0, 0.1) is 0 Å². The molecule has 0 aliphatic heterocycles. The van der Waals surface area contributed by atoms with Gasteiger partial charge in [0.2, 0.25) is 0 Å². The number of amides is 1. The molecule has 8 heteroatoms. The van der Waals surface area contributed by atoms with Gasteiger partial charge in [0.1, 0.15) is 0 Å². The maximum atomic E-state index is 11.6. The Morgan fingerprint density at radius 2 is 2.20 bits per heavy atom. The smallest absolute Gasteiger partial charge is 0.320 e. The maximum Gasteiger partial charge on any atom is 0.414 e. The Morgan fingerprint density at radius 3 is 2.67 bits per heavy atom. The van der Waals surface area contributed by atoms with Gasteiger partial charge in [-0.3, -0.25) is 9.63 Å². The van der Waals surface area contributed by atoms with Crippen LogP contribution in [0.5, 0.6) is 0 Å². The molecule has 0 aliphatic carbocycles. The highest BCUT2D eigenvalue weighted by atomic mass is 32.2. The van der Waals surface area contributed by atoms with Crippen LogP contribution >= 0.6 is 11.8 Å². The van der Waals surface area contributed by atoms with Gasteiger partial charge in [0.15, 0.2) is 6.61 Å². The van der Waals surface area contributed by atoms with Gasteiger partial charge < -0.3 is 5.73 Å². The van der Waals surface area contributed by atoms with Crippen LogP contribution in [-0.2, 0) is 9.63 Å². The summed E-state index contributed by atoms with van der Waals surface area (Å²) in [6.07, 6.45) is -2.23. The van der Waals surface area contributed by atoms with E-state index in [1.807, 2.05) is 6.26 Å². The number of hydroxylamine groups is 1. The first-order chi connectivity index (χ1) is 6.87. The molecule has 0 rings (SSSR count). The molecule has 0 aromatic heterocycles. The topological polar surface area (TPSA) is 64.4 Å². The van der Waals surface area contributed by atoms with Crippen molar-refractivity contribution in [1.82, 2.24) is 5.48 Å². The minimum Gasteiger partial charge on any atom is -0.320 e. The Bertz CT molecular complexity index is 201. The molecule has 0 saturated heterocycles. The van der Waals surface area contributed by atoms with Gasteiger partial charge in [-0.15, -0.1) is 0 Å². The van der Waals surface area contributed by atoms with Gasteiger partial charge in [0.05, 0.1) is 6.04 Å². The molecule has 0 aromatic rings. The van der Waals surface area contributed by atoms with Crippen molar-refractivity contribution in [2.75, 3.05) is 18.6 Å². The van der Waals surface area contributed by atoms with Crippen LogP contribution in [0.25, 0.3) is 0 Å². The lowest BCUT2D eigenvalue weighted by Gasteiger charge is -2.12. The average molecular weight is 246 g/mol. The largest absolute Gasteiger partial charge is 0.414 e. The van der Waals surface area contributed by atoms with Gasteiger partial charge in [0, 0.05) is 0 Å². The molecule has 0 fully saturated rings. The molecule has 0 aromatic carbocycles. The van der Waals surface area contributed by atoms with Crippen molar-refractivity contribution in [3.8, 4) is 0 Å². The van der Waals surface area contributed by atoms with Crippen molar-refractivity contribution < 1.29 is 22.8 Å². The van der Waals surface area contributed by atoms with Gasteiger partial charge in [-0.05, 0) is 18.4 Å². The summed E-state index contributed by atoms with van der Waals surface area (Å²) >= 11 is 1.49. The fourth-order valence-electron chi connectivity index (χ4n) is 0.641. The third-order valence-electron chi connectivity index (χ3n) is 1.38. The Labute approximate surface area is 89.7 Å². The second-order valence-electron chi connectivity index (χ2n) is 2.76. The van der Waals surface area contributed by atoms with Gasteiger partial charge in [-0.1, -0.05) is 0 Å². The van der Waals surface area contributed by atoms with Crippen LogP contribution in [0.15, 0.2) is 0 Å². The highest BCUT2D eigenvalue weighted by Crippen LogP contribution is 2.13. The van der Waals surface area contributed by atoms with E-state index in [1.54, 1.807) is 5.48 Å². The summed E-state index contributed by atoms with van der Waals surface area (Å²) in [4.78, 5) is 14.9. The highest BCUT2D eigenvalue weighted by molar-refractivity contribution is 7.98. The standard InChI is InChI=1S/C7H13F3N2O2S/c1-15-3-2-5(11)6(13)12-14-4-7(8,9)10/h5H,2-4,11H2,1H3,(H,12,13)/t5-/m0/s1. The third-order valence-corrected chi connectivity index (χ3v) is 2.02. The van der Waals surface area contributed by atoms with Crippen molar-refractivity contribution >= 4 is 17.7 Å². The number of nitrogens with one attached hydrogen (secondary N) is 1. The second-order valence-corrected chi connectivity index (χ2v) is 3.74. The van der Waals surface area contributed by atoms with Crippen LogP contribution in [0.2, 0.25) is 0 Å². The van der Waals surface area contributed by atoms with Gasteiger partial charge in [-0.2, -0.15) is 24.9 Å². The van der Waals surface area contributed by atoms with Crippen LogP contribution in [0.1, 0.15) is 6.42 Å². The summed E-state index contributed by atoms with van der Waals surface area (Å²) in [5.74, 6) is -0.0817. The molecule has 15 heavy (non-hydrogen) atoms. The number of rotatable bonds is 6. The minimum absolute atomic E-state index is 0.391. The zero-order valence-corrected chi connectivity index (χ0v) is 8.95. The fraction of sp³-hybridized carbons (Fsp3) is 0.857. The first kappa shape index (κ1) is 14.5. The quantitative estimate of drug-likeness (QED) is 0.676. The number of nitrogens with two attached hydrogens (primary N) is 1. The molecular formula is C7H13F3N2O2S. The van der Waals surface area contributed by atoms with E-state index in [0.29, 0.717) is 12.2 Å². The van der Waals surface area contributed by atoms with Crippen molar-refractivity contribution in [2.24, 2.45) is 5.73 Å². The third kappa shape index (κ3) is 8.52. The number of hydrogen-bond donors (Lipinski definition) is 2. The molecule has 1 amide bonds. The molecular weight excluding hydrogens is 233 g/mol. The summed E-state index contributed by atoms with van der Waals surface area (Å²) in [5.41, 5.74) is 7.02.